The van der Waals surface area contributed by atoms with Crippen molar-refractivity contribution in [2.24, 2.45) is 5.92 Å². The molecule has 0 heterocycles. The van der Waals surface area contributed by atoms with Gasteiger partial charge in [-0.05, 0) is 24.6 Å². The molecular weight excluding hydrogens is 309 g/mol. The number of benzene rings is 1. The molecule has 112 valence electrons. The van der Waals surface area contributed by atoms with Crippen LogP contribution in [0.15, 0.2) is 23.1 Å². The van der Waals surface area contributed by atoms with Gasteiger partial charge in [-0.1, -0.05) is 24.9 Å². The zero-order valence-electron chi connectivity index (χ0n) is 10.8. The molecule has 1 aromatic carbocycles. The number of carboxylic acid groups (broad SMARTS) is 1. The summed E-state index contributed by atoms with van der Waals surface area (Å²) in [5.74, 6) is -2.53. The Kier molecular flexibility index (Phi) is 5.91. The van der Waals surface area contributed by atoms with E-state index in [0.717, 1.165) is 18.2 Å². The summed E-state index contributed by atoms with van der Waals surface area (Å²) >= 11 is 5.68. The van der Waals surface area contributed by atoms with Crippen LogP contribution < -0.4 is 4.72 Å². The fourth-order valence-corrected chi connectivity index (χ4v) is 3.25. The van der Waals surface area contributed by atoms with Crippen molar-refractivity contribution in [2.75, 3.05) is 6.54 Å². The predicted molar refractivity (Wildman–Crippen MR) is 72.6 cm³/mol. The molecule has 0 saturated heterocycles. The number of halogens is 2. The Morgan fingerprint density at radius 3 is 2.65 bits per heavy atom. The first-order valence-corrected chi connectivity index (χ1v) is 7.81. The standard InChI is InChI=1S/C12H15ClFNO4S/c1-2-3-8(12(16)17)7-15-20(18,19)11-5-4-9(14)6-10(11)13/h4-6,8,15H,2-3,7H2,1H3,(H,16,17). The predicted octanol–water partition coefficient (Wildman–Crippen LogP) is 2.26. The molecule has 0 saturated carbocycles. The zero-order valence-corrected chi connectivity index (χ0v) is 12.3. The van der Waals surface area contributed by atoms with Crippen LogP contribution in [0.2, 0.25) is 5.02 Å². The van der Waals surface area contributed by atoms with Gasteiger partial charge in [0.15, 0.2) is 0 Å². The Morgan fingerprint density at radius 2 is 2.15 bits per heavy atom. The van der Waals surface area contributed by atoms with E-state index in [9.17, 15) is 17.6 Å². The maximum Gasteiger partial charge on any atom is 0.307 e. The van der Waals surface area contributed by atoms with Crippen molar-refractivity contribution in [2.45, 2.75) is 24.7 Å². The monoisotopic (exact) mass is 323 g/mol. The van der Waals surface area contributed by atoms with Gasteiger partial charge < -0.3 is 5.11 Å². The molecule has 1 rings (SSSR count). The maximum absolute atomic E-state index is 12.9. The van der Waals surface area contributed by atoms with Gasteiger partial charge in [0.1, 0.15) is 10.7 Å². The van der Waals surface area contributed by atoms with Gasteiger partial charge in [-0.3, -0.25) is 4.79 Å². The number of carbonyl (C=O) groups is 1. The minimum atomic E-state index is -3.97. The number of sulfonamides is 1. The van der Waals surface area contributed by atoms with E-state index in [-0.39, 0.29) is 16.5 Å². The highest BCUT2D eigenvalue weighted by Gasteiger charge is 2.22. The molecule has 0 amide bonds. The van der Waals surface area contributed by atoms with Crippen LogP contribution in [0.5, 0.6) is 0 Å². The highest BCUT2D eigenvalue weighted by atomic mass is 35.5. The number of hydrogen-bond donors (Lipinski definition) is 2. The Labute approximate surface area is 121 Å². The molecule has 1 aromatic rings. The van der Waals surface area contributed by atoms with Crippen LogP contribution in [0.1, 0.15) is 19.8 Å². The summed E-state index contributed by atoms with van der Waals surface area (Å²) in [7, 11) is -3.97. The number of aliphatic carboxylic acids is 1. The lowest BCUT2D eigenvalue weighted by molar-refractivity contribution is -0.141. The van der Waals surface area contributed by atoms with Gasteiger partial charge in [-0.25, -0.2) is 17.5 Å². The second-order valence-corrected chi connectivity index (χ2v) is 6.39. The lowest BCUT2D eigenvalue weighted by Gasteiger charge is -2.13. The summed E-state index contributed by atoms with van der Waals surface area (Å²) in [6.45, 7) is 1.57. The van der Waals surface area contributed by atoms with Gasteiger partial charge >= 0.3 is 5.97 Å². The van der Waals surface area contributed by atoms with E-state index in [4.69, 9.17) is 16.7 Å². The van der Waals surface area contributed by atoms with Gasteiger partial charge in [0.05, 0.1) is 10.9 Å². The first kappa shape index (κ1) is 16.9. The van der Waals surface area contributed by atoms with Crippen LogP contribution >= 0.6 is 11.6 Å². The van der Waals surface area contributed by atoms with Gasteiger partial charge in [-0.15, -0.1) is 0 Å². The van der Waals surface area contributed by atoms with Crippen molar-refractivity contribution in [3.63, 3.8) is 0 Å². The van der Waals surface area contributed by atoms with Gasteiger partial charge in [0, 0.05) is 6.54 Å². The molecule has 1 unspecified atom stereocenters. The Morgan fingerprint density at radius 1 is 1.50 bits per heavy atom. The fourth-order valence-electron chi connectivity index (χ4n) is 1.64. The van der Waals surface area contributed by atoms with E-state index in [1.807, 2.05) is 0 Å². The molecule has 20 heavy (non-hydrogen) atoms. The Balaban J connectivity index is 2.87. The van der Waals surface area contributed by atoms with Crippen LogP contribution in [0.4, 0.5) is 4.39 Å². The zero-order chi connectivity index (χ0) is 15.3. The fraction of sp³-hybridized carbons (Fsp3) is 0.417. The molecule has 1 atom stereocenters. The molecular formula is C12H15ClFNO4S. The molecule has 8 heteroatoms. The third-order valence-electron chi connectivity index (χ3n) is 2.69. The van der Waals surface area contributed by atoms with E-state index in [1.165, 1.54) is 0 Å². The molecule has 0 aliphatic carbocycles. The molecule has 5 nitrogen and oxygen atoms in total. The first-order valence-electron chi connectivity index (χ1n) is 5.95. The maximum atomic E-state index is 12.9. The summed E-state index contributed by atoms with van der Waals surface area (Å²) in [4.78, 5) is 10.7. The molecule has 0 radical (unpaired) electrons. The number of rotatable bonds is 7. The van der Waals surface area contributed by atoms with E-state index in [0.29, 0.717) is 12.8 Å². The van der Waals surface area contributed by atoms with Crippen LogP contribution in [0.3, 0.4) is 0 Å². The van der Waals surface area contributed by atoms with Crippen molar-refractivity contribution < 1.29 is 22.7 Å². The smallest absolute Gasteiger partial charge is 0.307 e. The number of carboxylic acids is 1. The Bertz CT molecular complexity index is 591. The van der Waals surface area contributed by atoms with Crippen molar-refractivity contribution in [3.8, 4) is 0 Å². The minimum Gasteiger partial charge on any atom is -0.481 e. The van der Waals surface area contributed by atoms with Gasteiger partial charge in [0.2, 0.25) is 10.0 Å². The second kappa shape index (κ2) is 7.01. The Hall–Kier alpha value is -1.18. The van der Waals surface area contributed by atoms with E-state index < -0.39 is 27.7 Å². The van der Waals surface area contributed by atoms with Crippen molar-refractivity contribution in [1.82, 2.24) is 4.72 Å². The van der Waals surface area contributed by atoms with Crippen molar-refractivity contribution in [3.05, 3.63) is 29.0 Å². The average molecular weight is 324 g/mol. The lowest BCUT2D eigenvalue weighted by Crippen LogP contribution is -2.33. The largest absolute Gasteiger partial charge is 0.481 e. The van der Waals surface area contributed by atoms with Crippen molar-refractivity contribution in [1.29, 1.82) is 0 Å². The summed E-state index contributed by atoms with van der Waals surface area (Å²) in [5.41, 5.74) is 0. The van der Waals surface area contributed by atoms with E-state index in [1.54, 1.807) is 6.92 Å². The SMILES string of the molecule is CCCC(CNS(=O)(=O)c1ccc(F)cc1Cl)C(=O)O. The summed E-state index contributed by atoms with van der Waals surface area (Å²) in [6, 6.07) is 2.90. The van der Waals surface area contributed by atoms with E-state index >= 15 is 0 Å². The van der Waals surface area contributed by atoms with Crippen LogP contribution in [-0.2, 0) is 14.8 Å². The summed E-state index contributed by atoms with van der Waals surface area (Å²) in [6.07, 6.45) is 0.977. The molecule has 0 bridgehead atoms. The second-order valence-electron chi connectivity index (χ2n) is 4.25. The van der Waals surface area contributed by atoms with Crippen LogP contribution in [-0.4, -0.2) is 26.0 Å². The lowest BCUT2D eigenvalue weighted by atomic mass is 10.1. The molecule has 0 fully saturated rings. The van der Waals surface area contributed by atoms with Gasteiger partial charge in [-0.2, -0.15) is 0 Å². The number of nitrogens with one attached hydrogen (secondary N) is 1. The minimum absolute atomic E-state index is 0.237. The summed E-state index contributed by atoms with van der Waals surface area (Å²) in [5, 5.41) is 8.70. The molecule has 0 aromatic heterocycles. The van der Waals surface area contributed by atoms with Crippen LogP contribution in [0, 0.1) is 11.7 Å². The highest BCUT2D eigenvalue weighted by Crippen LogP contribution is 2.22. The summed E-state index contributed by atoms with van der Waals surface area (Å²) < 4.78 is 39.0. The van der Waals surface area contributed by atoms with Crippen LogP contribution in [0.25, 0.3) is 0 Å². The highest BCUT2D eigenvalue weighted by molar-refractivity contribution is 7.89. The van der Waals surface area contributed by atoms with E-state index in [2.05, 4.69) is 4.72 Å². The van der Waals surface area contributed by atoms with Crippen molar-refractivity contribution >= 4 is 27.6 Å². The van der Waals surface area contributed by atoms with Gasteiger partial charge in [0.25, 0.3) is 0 Å². The molecule has 0 spiro atoms. The normalized spacial score (nSPS) is 13.2. The number of hydrogen-bond acceptors (Lipinski definition) is 3. The quantitative estimate of drug-likeness (QED) is 0.806. The third-order valence-corrected chi connectivity index (χ3v) is 4.60. The molecule has 2 N–H and O–H groups in total. The average Bonchev–Trinajstić information content (AvgIpc) is 2.33. The topological polar surface area (TPSA) is 83.5 Å². The molecule has 0 aliphatic heterocycles. The third kappa shape index (κ3) is 4.43. The molecule has 0 aliphatic rings. The first-order chi connectivity index (χ1) is 9.27.